The van der Waals surface area contributed by atoms with Gasteiger partial charge in [0.05, 0.1) is 11.8 Å². The van der Waals surface area contributed by atoms with Gasteiger partial charge in [-0.15, -0.1) is 0 Å². The molecule has 0 aliphatic heterocycles. The Morgan fingerprint density at radius 1 is 1.28 bits per heavy atom. The van der Waals surface area contributed by atoms with E-state index in [2.05, 4.69) is 10.3 Å². The van der Waals surface area contributed by atoms with Crippen LogP contribution >= 0.6 is 0 Å². The molecule has 0 amide bonds. The lowest BCUT2D eigenvalue weighted by Gasteiger charge is -2.00. The molecule has 0 atom stereocenters. The summed E-state index contributed by atoms with van der Waals surface area (Å²) in [5.74, 6) is -0.709. The van der Waals surface area contributed by atoms with Crippen LogP contribution in [-0.2, 0) is 6.42 Å². The van der Waals surface area contributed by atoms with Crippen molar-refractivity contribution in [3.8, 4) is 11.3 Å². The van der Waals surface area contributed by atoms with Crippen LogP contribution in [0.5, 0.6) is 0 Å². The van der Waals surface area contributed by atoms with E-state index in [0.29, 0.717) is 12.3 Å². The molecule has 0 spiro atoms. The second kappa shape index (κ2) is 5.73. The molecule has 0 saturated heterocycles. The van der Waals surface area contributed by atoms with Crippen LogP contribution in [0.4, 0.5) is 8.78 Å². The first-order valence-corrected chi connectivity index (χ1v) is 5.82. The summed E-state index contributed by atoms with van der Waals surface area (Å²) in [5, 5.41) is 3.12. The Labute approximate surface area is 104 Å². The van der Waals surface area contributed by atoms with Gasteiger partial charge >= 0.3 is 0 Å². The van der Waals surface area contributed by atoms with Crippen molar-refractivity contribution in [3.05, 3.63) is 41.9 Å². The molecule has 1 N–H and O–H groups in total. The van der Waals surface area contributed by atoms with Crippen LogP contribution < -0.4 is 5.32 Å². The van der Waals surface area contributed by atoms with Crippen molar-refractivity contribution in [1.82, 2.24) is 10.3 Å². The van der Waals surface area contributed by atoms with E-state index in [-0.39, 0.29) is 11.3 Å². The van der Waals surface area contributed by atoms with Crippen molar-refractivity contribution < 1.29 is 13.2 Å². The average Bonchev–Trinajstić information content (AvgIpc) is 2.78. The van der Waals surface area contributed by atoms with E-state index in [1.807, 2.05) is 6.92 Å². The first kappa shape index (κ1) is 12.7. The predicted molar refractivity (Wildman–Crippen MR) is 64.1 cm³/mol. The van der Waals surface area contributed by atoms with Gasteiger partial charge in [0.1, 0.15) is 11.6 Å². The van der Waals surface area contributed by atoms with Gasteiger partial charge in [0.2, 0.25) is 0 Å². The number of rotatable bonds is 5. The highest BCUT2D eigenvalue weighted by atomic mass is 19.1. The number of hydrogen-bond acceptors (Lipinski definition) is 3. The molecular weight excluding hydrogens is 238 g/mol. The number of nitrogens with zero attached hydrogens (tertiary/aromatic N) is 1. The van der Waals surface area contributed by atoms with Crippen LogP contribution in [-0.4, -0.2) is 18.1 Å². The molecule has 0 aliphatic carbocycles. The summed E-state index contributed by atoms with van der Waals surface area (Å²) in [6.45, 7) is 3.57. The molecule has 1 aromatic carbocycles. The number of likely N-dealkylation sites (N-methyl/N-ethyl adjacent to an activating group) is 1. The highest BCUT2D eigenvalue weighted by Crippen LogP contribution is 2.26. The highest BCUT2D eigenvalue weighted by molar-refractivity contribution is 5.58. The van der Waals surface area contributed by atoms with Crippen LogP contribution in [0.2, 0.25) is 0 Å². The summed E-state index contributed by atoms with van der Waals surface area (Å²) in [6.07, 6.45) is 1.94. The van der Waals surface area contributed by atoms with E-state index in [4.69, 9.17) is 4.42 Å². The van der Waals surface area contributed by atoms with Gasteiger partial charge in [-0.3, -0.25) is 0 Å². The van der Waals surface area contributed by atoms with E-state index in [1.165, 1.54) is 24.4 Å². The number of benzene rings is 1. The Morgan fingerprint density at radius 2 is 2.00 bits per heavy atom. The molecule has 2 rings (SSSR count). The summed E-state index contributed by atoms with van der Waals surface area (Å²) in [4.78, 5) is 4.01. The van der Waals surface area contributed by atoms with Crippen LogP contribution in [0.1, 0.15) is 12.8 Å². The maximum absolute atomic E-state index is 13.5. The summed E-state index contributed by atoms with van der Waals surface area (Å²) in [6, 6.07) is 3.70. The fourth-order valence-corrected chi connectivity index (χ4v) is 1.65. The molecule has 0 aliphatic rings. The Kier molecular flexibility index (Phi) is 4.04. The van der Waals surface area contributed by atoms with Crippen molar-refractivity contribution in [1.29, 1.82) is 0 Å². The van der Waals surface area contributed by atoms with Gasteiger partial charge in [0, 0.05) is 13.0 Å². The van der Waals surface area contributed by atoms with Crippen molar-refractivity contribution >= 4 is 0 Å². The predicted octanol–water partition coefficient (Wildman–Crippen LogP) is 2.77. The minimum atomic E-state index is -0.649. The standard InChI is InChI=1S/C13H14F2N2O/c1-2-16-7-6-12-17-8-11(18-12)13-9(14)4-3-5-10(13)15/h3-5,8,16H,2,6-7H2,1H3. The first-order valence-electron chi connectivity index (χ1n) is 5.82. The maximum Gasteiger partial charge on any atom is 0.196 e. The van der Waals surface area contributed by atoms with Crippen molar-refractivity contribution in [2.24, 2.45) is 0 Å². The maximum atomic E-state index is 13.5. The smallest absolute Gasteiger partial charge is 0.196 e. The van der Waals surface area contributed by atoms with Crippen LogP contribution in [0.15, 0.2) is 28.8 Å². The summed E-state index contributed by atoms with van der Waals surface area (Å²) < 4.78 is 32.4. The minimum Gasteiger partial charge on any atom is -0.440 e. The average molecular weight is 252 g/mol. The second-order valence-electron chi connectivity index (χ2n) is 3.82. The van der Waals surface area contributed by atoms with Crippen molar-refractivity contribution in [2.45, 2.75) is 13.3 Å². The van der Waals surface area contributed by atoms with E-state index in [9.17, 15) is 8.78 Å². The van der Waals surface area contributed by atoms with Gasteiger partial charge in [0.25, 0.3) is 0 Å². The molecule has 1 heterocycles. The molecule has 0 fully saturated rings. The van der Waals surface area contributed by atoms with E-state index in [0.717, 1.165) is 13.1 Å². The molecular formula is C13H14F2N2O. The SMILES string of the molecule is CCNCCc1ncc(-c2c(F)cccc2F)o1. The van der Waals surface area contributed by atoms with Crippen molar-refractivity contribution in [2.75, 3.05) is 13.1 Å². The van der Waals surface area contributed by atoms with Gasteiger partial charge in [-0.1, -0.05) is 13.0 Å². The number of oxazole rings is 1. The molecule has 0 bridgehead atoms. The molecule has 18 heavy (non-hydrogen) atoms. The van der Waals surface area contributed by atoms with E-state index < -0.39 is 11.6 Å². The topological polar surface area (TPSA) is 38.1 Å². The van der Waals surface area contributed by atoms with Gasteiger partial charge in [0.15, 0.2) is 11.7 Å². The Bertz CT molecular complexity index is 505. The molecule has 2 aromatic rings. The zero-order valence-corrected chi connectivity index (χ0v) is 10.0. The van der Waals surface area contributed by atoms with Crippen LogP contribution in [0, 0.1) is 11.6 Å². The third-order valence-corrected chi connectivity index (χ3v) is 2.53. The number of hydrogen-bond donors (Lipinski definition) is 1. The number of aromatic nitrogens is 1. The molecule has 3 nitrogen and oxygen atoms in total. The Balaban J connectivity index is 2.19. The summed E-state index contributed by atoms with van der Waals surface area (Å²) in [7, 11) is 0. The molecule has 0 unspecified atom stereocenters. The van der Waals surface area contributed by atoms with Gasteiger partial charge < -0.3 is 9.73 Å². The van der Waals surface area contributed by atoms with Crippen LogP contribution in [0.3, 0.4) is 0 Å². The molecule has 1 aromatic heterocycles. The Hall–Kier alpha value is -1.75. The third kappa shape index (κ3) is 2.73. The molecule has 5 heteroatoms. The third-order valence-electron chi connectivity index (χ3n) is 2.53. The van der Waals surface area contributed by atoms with E-state index in [1.54, 1.807) is 0 Å². The van der Waals surface area contributed by atoms with Crippen molar-refractivity contribution in [3.63, 3.8) is 0 Å². The fourth-order valence-electron chi connectivity index (χ4n) is 1.65. The van der Waals surface area contributed by atoms with E-state index >= 15 is 0 Å². The summed E-state index contributed by atoms with van der Waals surface area (Å²) in [5.41, 5.74) is -0.167. The summed E-state index contributed by atoms with van der Waals surface area (Å²) >= 11 is 0. The molecule has 96 valence electrons. The highest BCUT2D eigenvalue weighted by Gasteiger charge is 2.15. The van der Waals surface area contributed by atoms with Crippen LogP contribution in [0.25, 0.3) is 11.3 Å². The lowest BCUT2D eigenvalue weighted by molar-refractivity contribution is 0.488. The zero-order valence-electron chi connectivity index (χ0n) is 10.0. The van der Waals surface area contributed by atoms with Gasteiger partial charge in [-0.25, -0.2) is 13.8 Å². The quantitative estimate of drug-likeness (QED) is 0.831. The Morgan fingerprint density at radius 3 is 2.67 bits per heavy atom. The minimum absolute atomic E-state index is 0.122. The first-order chi connectivity index (χ1) is 8.72. The lowest BCUT2D eigenvalue weighted by Crippen LogP contribution is -2.16. The number of halogens is 2. The lowest BCUT2D eigenvalue weighted by atomic mass is 10.1. The molecule has 0 radical (unpaired) electrons. The monoisotopic (exact) mass is 252 g/mol. The number of nitrogens with one attached hydrogen (secondary N) is 1. The second-order valence-corrected chi connectivity index (χ2v) is 3.82. The largest absolute Gasteiger partial charge is 0.440 e. The van der Waals surface area contributed by atoms with Gasteiger partial charge in [-0.2, -0.15) is 0 Å². The zero-order chi connectivity index (χ0) is 13.0. The normalized spacial score (nSPS) is 10.8. The molecule has 0 saturated carbocycles. The van der Waals surface area contributed by atoms with Gasteiger partial charge in [-0.05, 0) is 18.7 Å². The fraction of sp³-hybridized carbons (Fsp3) is 0.308.